The molecule has 2 atom stereocenters. The Hall–Kier alpha value is -1.16. The molecule has 0 bridgehead atoms. The monoisotopic (exact) mass is 302 g/mol. The van der Waals surface area contributed by atoms with Crippen molar-refractivity contribution in [1.82, 2.24) is 0 Å². The molecule has 2 unspecified atom stereocenters. The van der Waals surface area contributed by atoms with Crippen molar-refractivity contribution in [2.75, 3.05) is 11.5 Å². The SMILES string of the molecule is CCS(=O)(=O)C(C(=O)O)C(C(=O)O)S(=O)(=O)CC. The molecule has 0 aliphatic heterocycles. The van der Waals surface area contributed by atoms with E-state index in [0.717, 1.165) is 13.8 Å². The van der Waals surface area contributed by atoms with Gasteiger partial charge in [-0.05, 0) is 0 Å². The summed E-state index contributed by atoms with van der Waals surface area (Å²) in [5.41, 5.74) is 0. The molecule has 0 saturated heterocycles. The van der Waals surface area contributed by atoms with Gasteiger partial charge in [0.25, 0.3) is 0 Å². The summed E-state index contributed by atoms with van der Waals surface area (Å²) in [6.45, 7) is 2.23. The average Bonchev–Trinajstić information content (AvgIpc) is 2.23. The minimum Gasteiger partial charge on any atom is -0.480 e. The van der Waals surface area contributed by atoms with Gasteiger partial charge in [-0.3, -0.25) is 9.59 Å². The van der Waals surface area contributed by atoms with Crippen molar-refractivity contribution >= 4 is 31.6 Å². The standard InChI is InChI=1S/C8H14O8S2/c1-3-17(13,14)5(7(9)10)6(8(11)12)18(15,16)4-2/h5-6H,3-4H2,1-2H3,(H,9,10)(H,11,12). The molecule has 0 heterocycles. The maximum Gasteiger partial charge on any atom is 0.323 e. The summed E-state index contributed by atoms with van der Waals surface area (Å²) in [6, 6.07) is 0. The van der Waals surface area contributed by atoms with Crippen LogP contribution >= 0.6 is 0 Å². The van der Waals surface area contributed by atoms with Crippen LogP contribution in [0.1, 0.15) is 13.8 Å². The molecule has 0 amide bonds. The Labute approximate surface area is 104 Å². The van der Waals surface area contributed by atoms with Gasteiger partial charge in [-0.2, -0.15) is 0 Å². The number of rotatable bonds is 7. The van der Waals surface area contributed by atoms with E-state index in [-0.39, 0.29) is 0 Å². The Bertz CT molecular complexity index is 479. The van der Waals surface area contributed by atoms with Gasteiger partial charge in [-0.25, -0.2) is 16.8 Å². The van der Waals surface area contributed by atoms with Crippen LogP contribution in [0.2, 0.25) is 0 Å². The van der Waals surface area contributed by atoms with Gasteiger partial charge in [-0.1, -0.05) is 13.8 Å². The Balaban J connectivity index is 6.03. The smallest absolute Gasteiger partial charge is 0.323 e. The normalized spacial score (nSPS) is 15.9. The van der Waals surface area contributed by atoms with E-state index in [4.69, 9.17) is 10.2 Å². The third-order valence-corrected chi connectivity index (χ3v) is 6.62. The van der Waals surface area contributed by atoms with E-state index in [1.165, 1.54) is 0 Å². The van der Waals surface area contributed by atoms with Crippen molar-refractivity contribution < 1.29 is 36.6 Å². The first-order valence-electron chi connectivity index (χ1n) is 4.90. The van der Waals surface area contributed by atoms with E-state index in [0.29, 0.717) is 0 Å². The summed E-state index contributed by atoms with van der Waals surface area (Å²) in [5, 5.41) is 12.6. The van der Waals surface area contributed by atoms with Gasteiger partial charge in [0, 0.05) is 11.5 Å². The average molecular weight is 302 g/mol. The molecular weight excluding hydrogens is 288 g/mol. The van der Waals surface area contributed by atoms with Gasteiger partial charge in [0.1, 0.15) is 0 Å². The van der Waals surface area contributed by atoms with E-state index in [1.54, 1.807) is 0 Å². The third kappa shape index (κ3) is 3.42. The van der Waals surface area contributed by atoms with Crippen LogP contribution < -0.4 is 0 Å². The first-order valence-corrected chi connectivity index (χ1v) is 8.33. The highest BCUT2D eigenvalue weighted by atomic mass is 32.2. The molecule has 0 spiro atoms. The molecular formula is C8H14O8S2. The van der Waals surface area contributed by atoms with Crippen LogP contribution in [0.15, 0.2) is 0 Å². The fourth-order valence-electron chi connectivity index (χ4n) is 1.30. The van der Waals surface area contributed by atoms with Crippen molar-refractivity contribution in [3.05, 3.63) is 0 Å². The number of sulfone groups is 2. The third-order valence-electron chi connectivity index (χ3n) is 2.34. The van der Waals surface area contributed by atoms with Gasteiger partial charge in [0.15, 0.2) is 30.2 Å². The maximum atomic E-state index is 11.5. The van der Waals surface area contributed by atoms with Crippen molar-refractivity contribution in [2.24, 2.45) is 0 Å². The Morgan fingerprint density at radius 1 is 0.833 bits per heavy atom. The molecule has 18 heavy (non-hydrogen) atoms. The highest BCUT2D eigenvalue weighted by molar-refractivity contribution is 7.97. The second-order valence-corrected chi connectivity index (χ2v) is 8.24. The van der Waals surface area contributed by atoms with Crippen molar-refractivity contribution in [3.8, 4) is 0 Å². The molecule has 0 fully saturated rings. The van der Waals surface area contributed by atoms with Crippen molar-refractivity contribution in [1.29, 1.82) is 0 Å². The highest BCUT2D eigenvalue weighted by Gasteiger charge is 2.49. The second-order valence-electron chi connectivity index (χ2n) is 3.42. The first-order chi connectivity index (χ1) is 8.01. The van der Waals surface area contributed by atoms with Crippen molar-refractivity contribution in [3.63, 3.8) is 0 Å². The molecule has 0 radical (unpaired) electrons. The van der Waals surface area contributed by atoms with Crippen LogP contribution in [-0.4, -0.2) is 61.0 Å². The molecule has 0 aromatic rings. The van der Waals surface area contributed by atoms with Crippen LogP contribution in [0.5, 0.6) is 0 Å². The predicted octanol–water partition coefficient (Wildman–Crippen LogP) is -1.24. The minimum atomic E-state index is -4.36. The van der Waals surface area contributed by atoms with Gasteiger partial charge >= 0.3 is 11.9 Å². The summed E-state index contributed by atoms with van der Waals surface area (Å²) in [4.78, 5) is 21.8. The lowest BCUT2D eigenvalue weighted by Crippen LogP contribution is -2.50. The summed E-state index contributed by atoms with van der Waals surface area (Å²) >= 11 is 0. The topological polar surface area (TPSA) is 143 Å². The molecule has 0 aliphatic rings. The number of carboxylic acid groups (broad SMARTS) is 2. The minimum absolute atomic E-state index is 0.660. The summed E-state index contributed by atoms with van der Waals surface area (Å²) in [6.07, 6.45) is 0. The van der Waals surface area contributed by atoms with Crippen LogP contribution in [-0.2, 0) is 29.3 Å². The zero-order valence-electron chi connectivity index (χ0n) is 9.73. The Morgan fingerprint density at radius 2 is 1.06 bits per heavy atom. The zero-order valence-corrected chi connectivity index (χ0v) is 11.4. The summed E-state index contributed by atoms with van der Waals surface area (Å²) < 4.78 is 46.2. The fourth-order valence-corrected chi connectivity index (χ4v) is 4.64. The zero-order chi connectivity index (χ0) is 14.7. The van der Waals surface area contributed by atoms with Crippen LogP contribution in [0.3, 0.4) is 0 Å². The number of hydrogen-bond donors (Lipinski definition) is 2. The fraction of sp³-hybridized carbons (Fsp3) is 0.750. The van der Waals surface area contributed by atoms with E-state index < -0.39 is 53.6 Å². The summed E-state index contributed by atoms with van der Waals surface area (Å²) in [7, 11) is -8.71. The highest BCUT2D eigenvalue weighted by Crippen LogP contribution is 2.17. The molecule has 106 valence electrons. The van der Waals surface area contributed by atoms with E-state index >= 15 is 0 Å². The van der Waals surface area contributed by atoms with E-state index in [2.05, 4.69) is 0 Å². The molecule has 2 N–H and O–H groups in total. The van der Waals surface area contributed by atoms with Gasteiger partial charge in [0.05, 0.1) is 0 Å². The molecule has 8 nitrogen and oxygen atoms in total. The van der Waals surface area contributed by atoms with Gasteiger partial charge < -0.3 is 10.2 Å². The molecule has 0 aliphatic carbocycles. The lowest BCUT2D eigenvalue weighted by Gasteiger charge is -2.19. The second kappa shape index (κ2) is 5.65. The van der Waals surface area contributed by atoms with Gasteiger partial charge in [-0.15, -0.1) is 0 Å². The molecule has 0 rings (SSSR count). The van der Waals surface area contributed by atoms with Crippen molar-refractivity contribution in [2.45, 2.75) is 24.3 Å². The lowest BCUT2D eigenvalue weighted by molar-refractivity contribution is -0.142. The van der Waals surface area contributed by atoms with Crippen LogP contribution in [0.25, 0.3) is 0 Å². The van der Waals surface area contributed by atoms with E-state index in [9.17, 15) is 26.4 Å². The largest absolute Gasteiger partial charge is 0.480 e. The molecule has 0 saturated carbocycles. The Morgan fingerprint density at radius 3 is 1.17 bits per heavy atom. The number of hydrogen-bond acceptors (Lipinski definition) is 6. The Kier molecular flexibility index (Phi) is 5.29. The van der Waals surface area contributed by atoms with Crippen LogP contribution in [0.4, 0.5) is 0 Å². The molecule has 0 aromatic heterocycles. The van der Waals surface area contributed by atoms with E-state index in [1.807, 2.05) is 0 Å². The molecule has 10 heteroatoms. The number of aliphatic carboxylic acids is 2. The molecule has 0 aromatic carbocycles. The first kappa shape index (κ1) is 16.8. The van der Waals surface area contributed by atoms with Gasteiger partial charge in [0.2, 0.25) is 0 Å². The maximum absolute atomic E-state index is 11.5. The predicted molar refractivity (Wildman–Crippen MR) is 61.8 cm³/mol. The van der Waals surface area contributed by atoms with Crippen LogP contribution in [0, 0.1) is 0 Å². The number of carboxylic acids is 2. The summed E-state index contributed by atoms with van der Waals surface area (Å²) in [5.74, 6) is -5.29. The quantitative estimate of drug-likeness (QED) is 0.594. The lowest BCUT2D eigenvalue weighted by atomic mass is 10.3. The number of carbonyl (C=O) groups is 2.